The van der Waals surface area contributed by atoms with E-state index in [0.29, 0.717) is 0 Å². The summed E-state index contributed by atoms with van der Waals surface area (Å²) in [5.41, 5.74) is 10.7. The lowest BCUT2D eigenvalue weighted by molar-refractivity contribution is 0.300. The molecular formula is C17H24ClN. The molecule has 1 aromatic rings. The second-order valence-electron chi connectivity index (χ2n) is 6.35. The van der Waals surface area contributed by atoms with Crippen LogP contribution in [0.4, 0.5) is 0 Å². The van der Waals surface area contributed by atoms with Crippen LogP contribution in [-0.4, -0.2) is 6.54 Å². The van der Waals surface area contributed by atoms with Crippen molar-refractivity contribution < 1.29 is 0 Å². The summed E-state index contributed by atoms with van der Waals surface area (Å²) >= 11 is 6.54. The fourth-order valence-electron chi connectivity index (χ4n) is 3.96. The topological polar surface area (TPSA) is 26.0 Å². The summed E-state index contributed by atoms with van der Waals surface area (Å²) in [6.07, 6.45) is 11.4. The number of nitrogens with two attached hydrogens (primary N) is 1. The molecule has 0 radical (unpaired) electrons. The van der Waals surface area contributed by atoms with Gasteiger partial charge in [-0.15, -0.1) is 0 Å². The van der Waals surface area contributed by atoms with Gasteiger partial charge in [0.05, 0.1) is 0 Å². The van der Waals surface area contributed by atoms with Gasteiger partial charge in [-0.1, -0.05) is 36.9 Å². The van der Waals surface area contributed by atoms with E-state index in [9.17, 15) is 0 Å². The van der Waals surface area contributed by atoms with Crippen LogP contribution in [0.25, 0.3) is 0 Å². The quantitative estimate of drug-likeness (QED) is 0.853. The van der Waals surface area contributed by atoms with E-state index in [-0.39, 0.29) is 5.41 Å². The number of halogens is 1. The van der Waals surface area contributed by atoms with Crippen LogP contribution in [0.15, 0.2) is 12.1 Å². The van der Waals surface area contributed by atoms with E-state index < -0.39 is 0 Å². The van der Waals surface area contributed by atoms with Gasteiger partial charge in [0.2, 0.25) is 0 Å². The molecule has 0 spiro atoms. The van der Waals surface area contributed by atoms with Crippen molar-refractivity contribution in [2.75, 3.05) is 6.54 Å². The van der Waals surface area contributed by atoms with Crippen LogP contribution >= 0.6 is 11.6 Å². The molecule has 104 valence electrons. The minimum absolute atomic E-state index is 0.203. The number of hydrogen-bond donors (Lipinski definition) is 1. The van der Waals surface area contributed by atoms with Gasteiger partial charge in [0.1, 0.15) is 0 Å². The summed E-state index contributed by atoms with van der Waals surface area (Å²) in [6.45, 7) is 0.766. The van der Waals surface area contributed by atoms with E-state index in [1.54, 1.807) is 0 Å². The van der Waals surface area contributed by atoms with Crippen LogP contribution in [0.3, 0.4) is 0 Å². The van der Waals surface area contributed by atoms with Crippen LogP contribution in [0.5, 0.6) is 0 Å². The Morgan fingerprint density at radius 1 is 1.00 bits per heavy atom. The summed E-state index contributed by atoms with van der Waals surface area (Å²) < 4.78 is 0. The fourth-order valence-corrected chi connectivity index (χ4v) is 4.29. The minimum Gasteiger partial charge on any atom is -0.330 e. The molecule has 2 heteroatoms. The Morgan fingerprint density at radius 2 is 1.74 bits per heavy atom. The maximum absolute atomic E-state index is 6.54. The first kappa shape index (κ1) is 13.5. The maximum atomic E-state index is 6.54. The Labute approximate surface area is 121 Å². The molecule has 0 aromatic heterocycles. The molecule has 0 saturated heterocycles. The number of aryl methyl sites for hydroxylation is 1. The predicted molar refractivity (Wildman–Crippen MR) is 81.9 cm³/mol. The van der Waals surface area contributed by atoms with Gasteiger partial charge in [0.25, 0.3) is 0 Å². The van der Waals surface area contributed by atoms with Gasteiger partial charge in [-0.3, -0.25) is 0 Å². The van der Waals surface area contributed by atoms with Gasteiger partial charge in [-0.25, -0.2) is 0 Å². The zero-order chi connectivity index (χ0) is 13.3. The molecule has 3 rings (SSSR count). The summed E-state index contributed by atoms with van der Waals surface area (Å²) in [7, 11) is 0. The van der Waals surface area contributed by atoms with Gasteiger partial charge in [0.15, 0.2) is 0 Å². The normalized spacial score (nSPS) is 22.0. The summed E-state index contributed by atoms with van der Waals surface area (Å²) in [6, 6.07) is 4.66. The Hall–Kier alpha value is -0.530. The van der Waals surface area contributed by atoms with Crippen molar-refractivity contribution in [2.45, 2.75) is 63.2 Å². The third-order valence-electron chi connectivity index (χ3n) is 5.22. The summed E-state index contributed by atoms with van der Waals surface area (Å²) in [5, 5.41) is 0.991. The molecule has 2 aliphatic rings. The Morgan fingerprint density at radius 3 is 2.47 bits per heavy atom. The lowest BCUT2D eigenvalue weighted by atomic mass is 9.68. The molecule has 2 aliphatic carbocycles. The Kier molecular flexibility index (Phi) is 3.86. The van der Waals surface area contributed by atoms with Crippen molar-refractivity contribution in [3.8, 4) is 0 Å². The predicted octanol–water partition coefficient (Wildman–Crippen LogP) is 4.38. The third kappa shape index (κ3) is 2.43. The maximum Gasteiger partial charge on any atom is 0.0443 e. The van der Waals surface area contributed by atoms with E-state index in [1.807, 2.05) is 0 Å². The monoisotopic (exact) mass is 277 g/mol. The highest BCUT2D eigenvalue weighted by atomic mass is 35.5. The van der Waals surface area contributed by atoms with Crippen molar-refractivity contribution in [2.24, 2.45) is 5.73 Å². The molecule has 0 atom stereocenters. The molecular weight excluding hydrogens is 254 g/mol. The Bertz CT molecular complexity index is 461. The van der Waals surface area contributed by atoms with Crippen molar-refractivity contribution in [3.63, 3.8) is 0 Å². The van der Waals surface area contributed by atoms with Crippen LogP contribution in [0.1, 0.15) is 61.6 Å². The zero-order valence-electron chi connectivity index (χ0n) is 11.7. The molecule has 0 aliphatic heterocycles. The molecule has 1 nitrogen and oxygen atoms in total. The van der Waals surface area contributed by atoms with E-state index in [1.165, 1.54) is 68.1 Å². The second kappa shape index (κ2) is 5.46. The Balaban J connectivity index is 2.02. The third-order valence-corrected chi connectivity index (χ3v) is 5.56. The van der Waals surface area contributed by atoms with Crippen molar-refractivity contribution >= 4 is 11.6 Å². The second-order valence-corrected chi connectivity index (χ2v) is 6.76. The van der Waals surface area contributed by atoms with Crippen LogP contribution in [-0.2, 0) is 18.3 Å². The zero-order valence-corrected chi connectivity index (χ0v) is 12.4. The van der Waals surface area contributed by atoms with Crippen LogP contribution in [0, 0.1) is 0 Å². The molecule has 0 unspecified atom stereocenters. The molecule has 0 amide bonds. The van der Waals surface area contributed by atoms with Crippen molar-refractivity contribution in [1.29, 1.82) is 0 Å². The molecule has 1 aromatic carbocycles. The van der Waals surface area contributed by atoms with Crippen molar-refractivity contribution in [3.05, 3.63) is 33.8 Å². The average Bonchev–Trinajstić information content (AvgIpc) is 2.48. The standard InChI is InChI=1S/C17H24ClN/c18-16-11-14(10-13-6-2-3-7-15(13)16)17(12-19)8-4-1-5-9-17/h10-11H,1-9,12,19H2. The van der Waals surface area contributed by atoms with Crippen LogP contribution in [0.2, 0.25) is 5.02 Å². The first-order valence-corrected chi connectivity index (χ1v) is 8.15. The SMILES string of the molecule is NCC1(c2cc(Cl)c3c(c2)CCCC3)CCCCC1. The minimum atomic E-state index is 0.203. The number of fused-ring (bicyclic) bond motifs is 1. The molecule has 19 heavy (non-hydrogen) atoms. The molecule has 1 fully saturated rings. The highest BCUT2D eigenvalue weighted by molar-refractivity contribution is 6.31. The van der Waals surface area contributed by atoms with Crippen molar-refractivity contribution in [1.82, 2.24) is 0 Å². The van der Waals surface area contributed by atoms with E-state index in [0.717, 1.165) is 18.0 Å². The first-order valence-electron chi connectivity index (χ1n) is 7.77. The van der Waals surface area contributed by atoms with Gasteiger partial charge < -0.3 is 5.73 Å². The van der Waals surface area contributed by atoms with Gasteiger partial charge in [-0.2, -0.15) is 0 Å². The number of benzene rings is 1. The number of rotatable bonds is 2. The summed E-state index contributed by atoms with van der Waals surface area (Å²) in [5.74, 6) is 0. The average molecular weight is 278 g/mol. The first-order chi connectivity index (χ1) is 9.25. The highest BCUT2D eigenvalue weighted by Gasteiger charge is 2.33. The molecule has 2 N–H and O–H groups in total. The van der Waals surface area contributed by atoms with Crippen LogP contribution < -0.4 is 5.73 Å². The lowest BCUT2D eigenvalue weighted by Crippen LogP contribution is -2.37. The molecule has 1 saturated carbocycles. The largest absolute Gasteiger partial charge is 0.330 e. The van der Waals surface area contributed by atoms with Gasteiger partial charge >= 0.3 is 0 Å². The number of hydrogen-bond acceptors (Lipinski definition) is 1. The van der Waals surface area contributed by atoms with Gasteiger partial charge in [-0.05, 0) is 61.3 Å². The van der Waals surface area contributed by atoms with E-state index in [4.69, 9.17) is 17.3 Å². The summed E-state index contributed by atoms with van der Waals surface area (Å²) in [4.78, 5) is 0. The van der Waals surface area contributed by atoms with E-state index >= 15 is 0 Å². The highest BCUT2D eigenvalue weighted by Crippen LogP contribution is 2.41. The molecule has 0 heterocycles. The van der Waals surface area contributed by atoms with E-state index in [2.05, 4.69) is 12.1 Å². The lowest BCUT2D eigenvalue weighted by Gasteiger charge is -2.38. The van der Waals surface area contributed by atoms with Gasteiger partial charge in [0, 0.05) is 17.0 Å². The smallest absolute Gasteiger partial charge is 0.0443 e. The fraction of sp³-hybridized carbons (Fsp3) is 0.647. The molecule has 0 bridgehead atoms.